The number of carbonyl (C=O) groups excluding carboxylic acids is 2. The Morgan fingerprint density at radius 1 is 0.955 bits per heavy atom. The van der Waals surface area contributed by atoms with E-state index in [1.807, 2.05) is 0 Å². The predicted octanol–water partition coefficient (Wildman–Crippen LogP) is -2.07. The molecule has 1 aromatic carbocycles. The molecule has 0 unspecified atom stereocenters. The van der Waals surface area contributed by atoms with Gasteiger partial charge in [0.25, 0.3) is 5.91 Å². The van der Waals surface area contributed by atoms with Gasteiger partial charge >= 0.3 is 0 Å². The molecule has 1 rings (SSSR count). The molecule has 0 atom stereocenters. The van der Waals surface area contributed by atoms with Crippen molar-refractivity contribution in [3.63, 3.8) is 0 Å². The summed E-state index contributed by atoms with van der Waals surface area (Å²) in [6.07, 6.45) is 0. The SMILES string of the molecule is NC(=O)c1cccc(C(=O)N(C(CO)CO)C(CO)CO)c1. The summed E-state index contributed by atoms with van der Waals surface area (Å²) in [7, 11) is 0. The normalized spacial score (nSPS) is 11.0. The first-order valence-corrected chi connectivity index (χ1v) is 6.66. The minimum absolute atomic E-state index is 0.0927. The maximum atomic E-state index is 12.6. The van der Waals surface area contributed by atoms with Gasteiger partial charge in [0.1, 0.15) is 0 Å². The van der Waals surface area contributed by atoms with Crippen molar-refractivity contribution in [1.82, 2.24) is 4.90 Å². The number of hydrogen-bond donors (Lipinski definition) is 5. The number of primary amides is 1. The highest BCUT2D eigenvalue weighted by Gasteiger charge is 2.30. The average Bonchev–Trinajstić information content (AvgIpc) is 2.54. The van der Waals surface area contributed by atoms with Gasteiger partial charge in [0, 0.05) is 11.1 Å². The molecule has 0 heterocycles. The molecule has 0 spiro atoms. The van der Waals surface area contributed by atoms with Gasteiger partial charge in [-0.2, -0.15) is 0 Å². The molecule has 0 aliphatic carbocycles. The molecule has 122 valence electrons. The molecule has 0 bridgehead atoms. The van der Waals surface area contributed by atoms with E-state index in [4.69, 9.17) is 5.73 Å². The highest BCUT2D eigenvalue weighted by atomic mass is 16.3. The number of nitrogens with two attached hydrogens (primary N) is 1. The second-order valence-electron chi connectivity index (χ2n) is 4.70. The topological polar surface area (TPSA) is 144 Å². The number of amides is 2. The molecule has 8 nitrogen and oxygen atoms in total. The Balaban J connectivity index is 3.20. The Bertz CT molecular complexity index is 502. The summed E-state index contributed by atoms with van der Waals surface area (Å²) in [4.78, 5) is 24.7. The summed E-state index contributed by atoms with van der Waals surface area (Å²) in [6, 6.07) is 3.62. The molecular weight excluding hydrogens is 292 g/mol. The van der Waals surface area contributed by atoms with Gasteiger partial charge in [0.05, 0.1) is 38.5 Å². The summed E-state index contributed by atoms with van der Waals surface area (Å²) in [5, 5.41) is 37.1. The second-order valence-corrected chi connectivity index (χ2v) is 4.70. The van der Waals surface area contributed by atoms with Crippen molar-refractivity contribution >= 4 is 11.8 Å². The van der Waals surface area contributed by atoms with E-state index in [2.05, 4.69) is 0 Å². The highest BCUT2D eigenvalue weighted by Crippen LogP contribution is 2.14. The van der Waals surface area contributed by atoms with E-state index in [1.54, 1.807) is 0 Å². The van der Waals surface area contributed by atoms with Crippen molar-refractivity contribution in [2.45, 2.75) is 12.1 Å². The van der Waals surface area contributed by atoms with Crippen LogP contribution in [0.3, 0.4) is 0 Å². The Morgan fingerprint density at radius 3 is 1.82 bits per heavy atom. The van der Waals surface area contributed by atoms with Crippen LogP contribution in [-0.4, -0.2) is 75.7 Å². The molecule has 0 fully saturated rings. The zero-order valence-corrected chi connectivity index (χ0v) is 11.9. The Morgan fingerprint density at radius 2 is 1.41 bits per heavy atom. The van der Waals surface area contributed by atoms with Crippen LogP contribution < -0.4 is 5.73 Å². The van der Waals surface area contributed by atoms with Crippen LogP contribution in [0.2, 0.25) is 0 Å². The number of aliphatic hydroxyl groups is 4. The fourth-order valence-corrected chi connectivity index (χ4v) is 2.05. The maximum absolute atomic E-state index is 12.6. The van der Waals surface area contributed by atoms with E-state index < -0.39 is 50.3 Å². The van der Waals surface area contributed by atoms with Crippen molar-refractivity contribution in [1.29, 1.82) is 0 Å². The average molecular weight is 312 g/mol. The maximum Gasteiger partial charge on any atom is 0.254 e. The van der Waals surface area contributed by atoms with Gasteiger partial charge in [-0.1, -0.05) is 6.07 Å². The lowest BCUT2D eigenvalue weighted by molar-refractivity contribution is 0.00542. The number of carbonyl (C=O) groups is 2. The van der Waals surface area contributed by atoms with E-state index in [1.165, 1.54) is 24.3 Å². The third-order valence-corrected chi connectivity index (χ3v) is 3.26. The van der Waals surface area contributed by atoms with Crippen molar-refractivity contribution in [3.8, 4) is 0 Å². The zero-order chi connectivity index (χ0) is 16.7. The van der Waals surface area contributed by atoms with Crippen molar-refractivity contribution in [2.24, 2.45) is 5.73 Å². The van der Waals surface area contributed by atoms with Crippen LogP contribution in [0.25, 0.3) is 0 Å². The van der Waals surface area contributed by atoms with E-state index in [0.717, 1.165) is 4.90 Å². The second kappa shape index (κ2) is 8.44. The summed E-state index contributed by atoms with van der Waals surface area (Å²) in [6.45, 7) is -2.19. The quantitative estimate of drug-likeness (QED) is 0.373. The Kier molecular flexibility index (Phi) is 6.93. The molecule has 8 heteroatoms. The van der Waals surface area contributed by atoms with Crippen LogP contribution in [0, 0.1) is 0 Å². The molecule has 0 aliphatic heterocycles. The smallest absolute Gasteiger partial charge is 0.254 e. The van der Waals surface area contributed by atoms with Gasteiger partial charge in [0.15, 0.2) is 0 Å². The highest BCUT2D eigenvalue weighted by molar-refractivity contribution is 5.99. The molecule has 0 saturated carbocycles. The number of rotatable bonds is 8. The minimum atomic E-state index is -0.992. The monoisotopic (exact) mass is 312 g/mol. The predicted molar refractivity (Wildman–Crippen MR) is 77.0 cm³/mol. The van der Waals surface area contributed by atoms with Gasteiger partial charge < -0.3 is 31.1 Å². The van der Waals surface area contributed by atoms with E-state index in [9.17, 15) is 30.0 Å². The molecule has 22 heavy (non-hydrogen) atoms. The lowest BCUT2D eigenvalue weighted by atomic mass is 10.1. The zero-order valence-electron chi connectivity index (χ0n) is 11.9. The first-order valence-electron chi connectivity index (χ1n) is 6.66. The first-order chi connectivity index (χ1) is 10.5. The summed E-state index contributed by atoms with van der Waals surface area (Å²) in [5.74, 6) is -1.35. The fourth-order valence-electron chi connectivity index (χ4n) is 2.05. The molecule has 0 aromatic heterocycles. The standard InChI is InChI=1S/C14H20N2O6/c15-13(21)9-2-1-3-10(4-9)14(22)16(11(5-17)6-18)12(7-19)8-20/h1-4,11-12,17-20H,5-8H2,(H2,15,21). The van der Waals surface area contributed by atoms with Gasteiger partial charge in [-0.05, 0) is 18.2 Å². The number of benzene rings is 1. The van der Waals surface area contributed by atoms with Crippen LogP contribution in [0.1, 0.15) is 20.7 Å². The Hall–Kier alpha value is -2.00. The molecule has 0 radical (unpaired) electrons. The van der Waals surface area contributed by atoms with Crippen molar-refractivity contribution in [3.05, 3.63) is 35.4 Å². The fraction of sp³-hybridized carbons (Fsp3) is 0.429. The van der Waals surface area contributed by atoms with E-state index >= 15 is 0 Å². The van der Waals surface area contributed by atoms with Crippen molar-refractivity contribution in [2.75, 3.05) is 26.4 Å². The van der Waals surface area contributed by atoms with Crippen LogP contribution in [0.5, 0.6) is 0 Å². The number of nitrogens with zero attached hydrogens (tertiary/aromatic N) is 1. The Labute approximate surface area is 127 Å². The van der Waals surface area contributed by atoms with Gasteiger partial charge in [-0.15, -0.1) is 0 Å². The largest absolute Gasteiger partial charge is 0.394 e. The minimum Gasteiger partial charge on any atom is -0.394 e. The summed E-state index contributed by atoms with van der Waals surface area (Å²) < 4.78 is 0. The van der Waals surface area contributed by atoms with Crippen molar-refractivity contribution < 1.29 is 30.0 Å². The number of aliphatic hydroxyl groups excluding tert-OH is 4. The van der Waals surface area contributed by atoms with Crippen LogP contribution in [0.4, 0.5) is 0 Å². The first kappa shape index (κ1) is 18.1. The third-order valence-electron chi connectivity index (χ3n) is 3.26. The van der Waals surface area contributed by atoms with Crippen LogP contribution in [-0.2, 0) is 0 Å². The molecule has 0 saturated heterocycles. The summed E-state index contributed by atoms with van der Waals surface area (Å²) >= 11 is 0. The van der Waals surface area contributed by atoms with Gasteiger partial charge in [0.2, 0.25) is 5.91 Å². The molecule has 6 N–H and O–H groups in total. The molecule has 2 amide bonds. The van der Waals surface area contributed by atoms with Crippen LogP contribution in [0.15, 0.2) is 24.3 Å². The van der Waals surface area contributed by atoms with E-state index in [-0.39, 0.29) is 11.1 Å². The summed E-state index contributed by atoms with van der Waals surface area (Å²) in [5.41, 5.74) is 5.38. The lowest BCUT2D eigenvalue weighted by Gasteiger charge is -2.35. The molecule has 0 aliphatic rings. The van der Waals surface area contributed by atoms with Gasteiger partial charge in [-0.3, -0.25) is 9.59 Å². The third kappa shape index (κ3) is 4.01. The number of hydrogen-bond acceptors (Lipinski definition) is 6. The van der Waals surface area contributed by atoms with E-state index in [0.29, 0.717) is 0 Å². The lowest BCUT2D eigenvalue weighted by Crippen LogP contribution is -2.53. The van der Waals surface area contributed by atoms with Gasteiger partial charge in [-0.25, -0.2) is 0 Å². The molecular formula is C14H20N2O6. The molecule has 1 aromatic rings. The van der Waals surface area contributed by atoms with Crippen LogP contribution >= 0.6 is 0 Å².